The highest BCUT2D eigenvalue weighted by Gasteiger charge is 2.31. The van der Waals surface area contributed by atoms with Gasteiger partial charge < -0.3 is 20.5 Å². The second-order valence-electron chi connectivity index (χ2n) is 5.75. The highest BCUT2D eigenvalue weighted by atomic mass is 16.5. The van der Waals surface area contributed by atoms with Crippen molar-refractivity contribution in [3.8, 4) is 5.75 Å². The van der Waals surface area contributed by atoms with Crippen LogP contribution in [-0.2, 0) is 0 Å². The van der Waals surface area contributed by atoms with Crippen molar-refractivity contribution in [1.82, 2.24) is 5.32 Å². The van der Waals surface area contributed by atoms with Crippen LogP contribution in [0.5, 0.6) is 5.75 Å². The van der Waals surface area contributed by atoms with E-state index in [0.29, 0.717) is 6.54 Å². The van der Waals surface area contributed by atoms with Crippen molar-refractivity contribution in [3.63, 3.8) is 0 Å². The van der Waals surface area contributed by atoms with Crippen LogP contribution in [0.25, 0.3) is 0 Å². The molecule has 0 unspecified atom stereocenters. The lowest BCUT2D eigenvalue weighted by Crippen LogP contribution is -2.42. The van der Waals surface area contributed by atoms with Gasteiger partial charge in [0.15, 0.2) is 0 Å². The highest BCUT2D eigenvalue weighted by Crippen LogP contribution is 2.35. The van der Waals surface area contributed by atoms with Gasteiger partial charge >= 0.3 is 6.03 Å². The summed E-state index contributed by atoms with van der Waals surface area (Å²) >= 11 is 0. The molecule has 3 N–H and O–H groups in total. The Bertz CT molecular complexity index is 453. The van der Waals surface area contributed by atoms with Crippen LogP contribution in [0, 0.1) is 5.41 Å². The first-order valence-corrected chi connectivity index (χ1v) is 7.47. The maximum absolute atomic E-state index is 11.9. The zero-order chi connectivity index (χ0) is 15.1. The van der Waals surface area contributed by atoms with Gasteiger partial charge in [0.2, 0.25) is 0 Å². The molecule has 0 atom stereocenters. The summed E-state index contributed by atoms with van der Waals surface area (Å²) in [6.07, 6.45) is 5.43. The molecule has 2 rings (SSSR count). The molecular weight excluding hydrogens is 268 g/mol. The molecule has 1 aliphatic carbocycles. The smallest absolute Gasteiger partial charge is 0.319 e. The van der Waals surface area contributed by atoms with E-state index in [9.17, 15) is 9.90 Å². The summed E-state index contributed by atoms with van der Waals surface area (Å²) in [5.74, 6) is 0.752. The maximum atomic E-state index is 11.9. The average molecular weight is 292 g/mol. The van der Waals surface area contributed by atoms with E-state index in [1.165, 1.54) is 6.42 Å². The minimum Gasteiger partial charge on any atom is -0.497 e. The van der Waals surface area contributed by atoms with E-state index in [2.05, 4.69) is 10.6 Å². The van der Waals surface area contributed by atoms with Crippen molar-refractivity contribution < 1.29 is 14.6 Å². The van der Waals surface area contributed by atoms with Gasteiger partial charge in [0.1, 0.15) is 5.75 Å². The zero-order valence-electron chi connectivity index (χ0n) is 12.5. The van der Waals surface area contributed by atoms with Gasteiger partial charge in [0, 0.05) is 17.6 Å². The van der Waals surface area contributed by atoms with Gasteiger partial charge in [-0.3, -0.25) is 0 Å². The van der Waals surface area contributed by atoms with Crippen LogP contribution in [0.15, 0.2) is 24.3 Å². The number of aliphatic hydroxyl groups excluding tert-OH is 1. The summed E-state index contributed by atoms with van der Waals surface area (Å²) in [5, 5.41) is 15.3. The maximum Gasteiger partial charge on any atom is 0.319 e. The van der Waals surface area contributed by atoms with Crippen LogP contribution in [0.1, 0.15) is 32.1 Å². The van der Waals surface area contributed by atoms with E-state index < -0.39 is 0 Å². The van der Waals surface area contributed by atoms with Gasteiger partial charge in [0.05, 0.1) is 13.7 Å². The molecule has 1 fully saturated rings. The Morgan fingerprint density at radius 1 is 1.24 bits per heavy atom. The average Bonchev–Trinajstić information content (AvgIpc) is 2.54. The number of amides is 2. The van der Waals surface area contributed by atoms with Crippen molar-refractivity contribution in [2.75, 3.05) is 25.6 Å². The van der Waals surface area contributed by atoms with Crippen LogP contribution < -0.4 is 15.4 Å². The molecule has 5 nitrogen and oxygen atoms in total. The number of methoxy groups -OCH3 is 1. The quantitative estimate of drug-likeness (QED) is 0.781. The van der Waals surface area contributed by atoms with Gasteiger partial charge in [-0.25, -0.2) is 4.79 Å². The predicted octanol–water partition coefficient (Wildman–Crippen LogP) is 2.76. The second-order valence-corrected chi connectivity index (χ2v) is 5.75. The number of urea groups is 1. The molecule has 0 aromatic heterocycles. The number of carbonyl (C=O) groups is 1. The van der Waals surface area contributed by atoms with Gasteiger partial charge in [-0.2, -0.15) is 0 Å². The second kappa shape index (κ2) is 7.31. The van der Waals surface area contributed by atoms with E-state index in [4.69, 9.17) is 4.74 Å². The summed E-state index contributed by atoms with van der Waals surface area (Å²) < 4.78 is 5.07. The van der Waals surface area contributed by atoms with Crippen LogP contribution in [-0.4, -0.2) is 31.4 Å². The highest BCUT2D eigenvalue weighted by molar-refractivity contribution is 5.89. The Hall–Kier alpha value is -1.75. The number of ether oxygens (including phenoxy) is 1. The first kappa shape index (κ1) is 15.6. The summed E-state index contributed by atoms with van der Waals surface area (Å²) in [6, 6.07) is 6.94. The third-order valence-electron chi connectivity index (χ3n) is 4.22. The molecule has 21 heavy (non-hydrogen) atoms. The number of carbonyl (C=O) groups excluding carboxylic acids is 1. The monoisotopic (exact) mass is 292 g/mol. The molecule has 0 bridgehead atoms. The lowest BCUT2D eigenvalue weighted by atomic mass is 9.74. The van der Waals surface area contributed by atoms with Crippen LogP contribution in [0.4, 0.5) is 10.5 Å². The number of nitrogens with one attached hydrogen (secondary N) is 2. The standard InChI is InChI=1S/C16H24N2O3/c1-21-14-7-5-13(6-8-14)18-15(20)17-11-16(12-19)9-3-2-4-10-16/h5-8,19H,2-4,9-12H2,1H3,(H2,17,18,20). The number of aliphatic hydroxyl groups is 1. The van der Waals surface area contributed by atoms with Crippen LogP contribution in [0.3, 0.4) is 0 Å². The Morgan fingerprint density at radius 2 is 1.90 bits per heavy atom. The lowest BCUT2D eigenvalue weighted by Gasteiger charge is -2.35. The third-order valence-corrected chi connectivity index (χ3v) is 4.22. The molecule has 5 heteroatoms. The molecule has 1 saturated carbocycles. The summed E-state index contributed by atoms with van der Waals surface area (Å²) in [5.41, 5.74) is 0.574. The first-order chi connectivity index (χ1) is 10.2. The Labute approximate surface area is 125 Å². The molecule has 0 saturated heterocycles. The van der Waals surface area contributed by atoms with Gasteiger partial charge in [-0.1, -0.05) is 19.3 Å². The van der Waals surface area contributed by atoms with Crippen molar-refractivity contribution in [1.29, 1.82) is 0 Å². The van der Waals surface area contributed by atoms with Gasteiger partial charge in [-0.15, -0.1) is 0 Å². The number of hydrogen-bond donors (Lipinski definition) is 3. The van der Waals surface area contributed by atoms with Crippen LogP contribution in [0.2, 0.25) is 0 Å². The van der Waals surface area contributed by atoms with E-state index in [-0.39, 0.29) is 18.1 Å². The van der Waals surface area contributed by atoms with E-state index in [0.717, 1.165) is 37.1 Å². The number of anilines is 1. The molecule has 0 heterocycles. The third kappa shape index (κ3) is 4.36. The van der Waals surface area contributed by atoms with Crippen LogP contribution >= 0.6 is 0 Å². The van der Waals surface area contributed by atoms with Gasteiger partial charge in [0.25, 0.3) is 0 Å². The molecule has 0 spiro atoms. The fourth-order valence-corrected chi connectivity index (χ4v) is 2.81. The zero-order valence-corrected chi connectivity index (χ0v) is 12.5. The molecule has 1 aromatic carbocycles. The minimum absolute atomic E-state index is 0.135. The molecule has 116 valence electrons. The summed E-state index contributed by atoms with van der Waals surface area (Å²) in [4.78, 5) is 11.9. The number of benzene rings is 1. The molecule has 0 radical (unpaired) electrons. The number of rotatable bonds is 5. The molecule has 2 amide bonds. The first-order valence-electron chi connectivity index (χ1n) is 7.47. The molecule has 1 aromatic rings. The minimum atomic E-state index is -0.237. The largest absolute Gasteiger partial charge is 0.497 e. The van der Waals surface area contributed by atoms with E-state index in [1.807, 2.05) is 0 Å². The van der Waals surface area contributed by atoms with Crippen molar-refractivity contribution in [2.45, 2.75) is 32.1 Å². The normalized spacial score (nSPS) is 17.0. The van der Waals surface area contributed by atoms with Gasteiger partial charge in [-0.05, 0) is 37.1 Å². The van der Waals surface area contributed by atoms with E-state index >= 15 is 0 Å². The molecular formula is C16H24N2O3. The van der Waals surface area contributed by atoms with E-state index in [1.54, 1.807) is 31.4 Å². The summed E-state index contributed by atoms with van der Waals surface area (Å²) in [6.45, 7) is 0.654. The molecule has 0 aliphatic heterocycles. The SMILES string of the molecule is COc1ccc(NC(=O)NCC2(CO)CCCCC2)cc1. The van der Waals surface area contributed by atoms with Crippen molar-refractivity contribution in [2.24, 2.45) is 5.41 Å². The van der Waals surface area contributed by atoms with Crippen molar-refractivity contribution in [3.05, 3.63) is 24.3 Å². The Morgan fingerprint density at radius 3 is 2.48 bits per heavy atom. The fraction of sp³-hybridized carbons (Fsp3) is 0.562. The lowest BCUT2D eigenvalue weighted by molar-refractivity contribution is 0.0840. The molecule has 1 aliphatic rings. The number of hydrogen-bond acceptors (Lipinski definition) is 3. The van der Waals surface area contributed by atoms with Crippen molar-refractivity contribution >= 4 is 11.7 Å². The fourth-order valence-electron chi connectivity index (χ4n) is 2.81. The Balaban J connectivity index is 1.83. The predicted molar refractivity (Wildman–Crippen MR) is 82.6 cm³/mol. The summed E-state index contributed by atoms with van der Waals surface area (Å²) in [7, 11) is 1.60. The Kier molecular flexibility index (Phi) is 5.44. The topological polar surface area (TPSA) is 70.6 Å².